The number of carbonyl (C=O) groups excluding carboxylic acids is 1. The minimum atomic E-state index is -0.509. The Balaban J connectivity index is 4.22. The summed E-state index contributed by atoms with van der Waals surface area (Å²) in [5, 5.41) is 11.6. The van der Waals surface area contributed by atoms with E-state index >= 15 is 0 Å². The maximum absolute atomic E-state index is 11.7. The Morgan fingerprint density at radius 1 is 1.47 bits per heavy atom. The number of amides is 1. The summed E-state index contributed by atoms with van der Waals surface area (Å²) in [6.07, 6.45) is 1.39. The van der Waals surface area contributed by atoms with E-state index in [1.807, 2.05) is 27.7 Å². The van der Waals surface area contributed by atoms with E-state index in [1.165, 1.54) is 0 Å². The maximum Gasteiger partial charge on any atom is 0.237 e. The van der Waals surface area contributed by atoms with Gasteiger partial charge in [-0.2, -0.15) is 0 Å². The van der Waals surface area contributed by atoms with Crippen molar-refractivity contribution < 1.29 is 9.90 Å². The summed E-state index contributed by atoms with van der Waals surface area (Å²) >= 11 is 0. The van der Waals surface area contributed by atoms with E-state index in [2.05, 4.69) is 5.32 Å². The van der Waals surface area contributed by atoms with Crippen LogP contribution < -0.4 is 11.1 Å². The van der Waals surface area contributed by atoms with E-state index in [1.54, 1.807) is 0 Å². The van der Waals surface area contributed by atoms with Crippen molar-refractivity contribution in [2.75, 3.05) is 6.61 Å². The van der Waals surface area contributed by atoms with E-state index in [0.717, 1.165) is 6.42 Å². The number of rotatable bonds is 5. The van der Waals surface area contributed by atoms with E-state index in [9.17, 15) is 4.79 Å². The molecule has 1 amide bonds. The van der Waals surface area contributed by atoms with Crippen LogP contribution in [0.2, 0.25) is 0 Å². The van der Waals surface area contributed by atoms with Crippen LogP contribution in [0.4, 0.5) is 0 Å². The van der Waals surface area contributed by atoms with Gasteiger partial charge in [-0.3, -0.25) is 4.79 Å². The first-order valence-corrected chi connectivity index (χ1v) is 5.49. The zero-order valence-electron chi connectivity index (χ0n) is 10.2. The highest BCUT2D eigenvalue weighted by Crippen LogP contribution is 2.17. The minimum absolute atomic E-state index is 0.0240. The lowest BCUT2D eigenvalue weighted by atomic mass is 9.86. The van der Waals surface area contributed by atoms with Crippen molar-refractivity contribution in [3.63, 3.8) is 0 Å². The van der Waals surface area contributed by atoms with Crippen LogP contribution in [0.5, 0.6) is 0 Å². The predicted molar refractivity (Wildman–Crippen MR) is 61.4 cm³/mol. The second-order valence-corrected chi connectivity index (χ2v) is 4.97. The summed E-state index contributed by atoms with van der Waals surface area (Å²) in [5.41, 5.74) is 5.58. The molecule has 0 spiro atoms. The number of carbonyl (C=O) groups is 1. The third-order valence-electron chi connectivity index (χ3n) is 2.53. The number of nitrogens with one attached hydrogen (secondary N) is 1. The number of aliphatic hydroxyl groups excluding tert-OH is 1. The molecule has 0 bridgehead atoms. The first-order valence-electron chi connectivity index (χ1n) is 5.49. The molecule has 4 nitrogen and oxygen atoms in total. The summed E-state index contributed by atoms with van der Waals surface area (Å²) < 4.78 is 0. The molecular weight excluding hydrogens is 192 g/mol. The molecule has 0 aromatic carbocycles. The monoisotopic (exact) mass is 216 g/mol. The van der Waals surface area contributed by atoms with Gasteiger partial charge in [0.1, 0.15) is 0 Å². The summed E-state index contributed by atoms with van der Waals surface area (Å²) in [5.74, 6) is -0.136. The van der Waals surface area contributed by atoms with Crippen LogP contribution in [0.3, 0.4) is 0 Å². The Morgan fingerprint density at radius 3 is 2.33 bits per heavy atom. The van der Waals surface area contributed by atoms with E-state index in [4.69, 9.17) is 10.8 Å². The van der Waals surface area contributed by atoms with Crippen LogP contribution in [0.15, 0.2) is 0 Å². The standard InChI is InChI=1S/C11H24N2O2/c1-5-8(6-7-14)13-10(15)9(12)11(2,3)4/h8-9,14H,5-7,12H2,1-4H3,(H,13,15)/t8?,9-/m0/s1. The molecule has 0 radical (unpaired) electrons. The van der Waals surface area contributed by atoms with Crippen molar-refractivity contribution in [3.8, 4) is 0 Å². The molecule has 4 heteroatoms. The van der Waals surface area contributed by atoms with Crippen molar-refractivity contribution in [2.45, 2.75) is 52.6 Å². The molecule has 0 rings (SSSR count). The van der Waals surface area contributed by atoms with E-state index in [0.29, 0.717) is 6.42 Å². The van der Waals surface area contributed by atoms with Crippen molar-refractivity contribution in [3.05, 3.63) is 0 Å². The largest absolute Gasteiger partial charge is 0.396 e. The number of hydrogen-bond donors (Lipinski definition) is 3. The molecular formula is C11H24N2O2. The molecule has 0 fully saturated rings. The molecule has 90 valence electrons. The van der Waals surface area contributed by atoms with Gasteiger partial charge in [0.25, 0.3) is 0 Å². The Labute approximate surface area is 92.2 Å². The second kappa shape index (κ2) is 6.08. The fourth-order valence-electron chi connectivity index (χ4n) is 1.22. The lowest BCUT2D eigenvalue weighted by Gasteiger charge is -2.27. The third kappa shape index (κ3) is 5.14. The minimum Gasteiger partial charge on any atom is -0.396 e. The lowest BCUT2D eigenvalue weighted by molar-refractivity contribution is -0.125. The molecule has 0 aliphatic rings. The van der Waals surface area contributed by atoms with Gasteiger partial charge in [-0.1, -0.05) is 27.7 Å². The molecule has 4 N–H and O–H groups in total. The Kier molecular flexibility index (Phi) is 5.83. The second-order valence-electron chi connectivity index (χ2n) is 4.97. The molecule has 0 saturated heterocycles. The van der Waals surface area contributed by atoms with Gasteiger partial charge in [0.2, 0.25) is 5.91 Å². The molecule has 15 heavy (non-hydrogen) atoms. The number of aliphatic hydroxyl groups is 1. The fourth-order valence-corrected chi connectivity index (χ4v) is 1.22. The van der Waals surface area contributed by atoms with Crippen LogP contribution >= 0.6 is 0 Å². The third-order valence-corrected chi connectivity index (χ3v) is 2.53. The fraction of sp³-hybridized carbons (Fsp3) is 0.909. The summed E-state index contributed by atoms with van der Waals surface area (Å²) in [6.45, 7) is 7.87. The van der Waals surface area contributed by atoms with Gasteiger partial charge >= 0.3 is 0 Å². The lowest BCUT2D eigenvalue weighted by Crippen LogP contribution is -2.51. The quantitative estimate of drug-likeness (QED) is 0.631. The molecule has 0 saturated carbocycles. The topological polar surface area (TPSA) is 75.3 Å². The van der Waals surface area contributed by atoms with Gasteiger partial charge < -0.3 is 16.2 Å². The summed E-state index contributed by atoms with van der Waals surface area (Å²) in [4.78, 5) is 11.7. The Hall–Kier alpha value is -0.610. The maximum atomic E-state index is 11.7. The summed E-state index contributed by atoms with van der Waals surface area (Å²) in [6, 6.07) is -0.485. The molecule has 0 aromatic rings. The van der Waals surface area contributed by atoms with Crippen LogP contribution in [0.1, 0.15) is 40.5 Å². The van der Waals surface area contributed by atoms with Crippen LogP contribution in [-0.2, 0) is 4.79 Å². The zero-order valence-corrected chi connectivity index (χ0v) is 10.2. The van der Waals surface area contributed by atoms with Crippen molar-refractivity contribution in [1.82, 2.24) is 5.32 Å². The molecule has 0 aliphatic carbocycles. The average molecular weight is 216 g/mol. The van der Waals surface area contributed by atoms with Gasteiger partial charge in [-0.05, 0) is 18.3 Å². The van der Waals surface area contributed by atoms with Crippen molar-refractivity contribution in [2.24, 2.45) is 11.1 Å². The smallest absolute Gasteiger partial charge is 0.237 e. The SMILES string of the molecule is CCC(CCO)NC(=O)[C@H](N)C(C)(C)C. The summed E-state index contributed by atoms with van der Waals surface area (Å²) in [7, 11) is 0. The van der Waals surface area contributed by atoms with Crippen molar-refractivity contribution in [1.29, 1.82) is 0 Å². The zero-order chi connectivity index (χ0) is 12.1. The first-order chi connectivity index (χ1) is 6.82. The van der Waals surface area contributed by atoms with Crippen LogP contribution in [0.25, 0.3) is 0 Å². The molecule has 2 atom stereocenters. The molecule has 0 aliphatic heterocycles. The van der Waals surface area contributed by atoms with Gasteiger partial charge in [0.15, 0.2) is 0 Å². The first kappa shape index (κ1) is 14.4. The van der Waals surface area contributed by atoms with Gasteiger partial charge in [-0.25, -0.2) is 0 Å². The average Bonchev–Trinajstić information content (AvgIpc) is 2.14. The Bertz CT molecular complexity index is 199. The molecule has 0 aromatic heterocycles. The van der Waals surface area contributed by atoms with Crippen LogP contribution in [-0.4, -0.2) is 29.7 Å². The normalized spacial score (nSPS) is 15.9. The highest BCUT2D eigenvalue weighted by Gasteiger charge is 2.28. The van der Waals surface area contributed by atoms with E-state index < -0.39 is 6.04 Å². The highest BCUT2D eigenvalue weighted by atomic mass is 16.3. The number of hydrogen-bond acceptors (Lipinski definition) is 3. The van der Waals surface area contributed by atoms with E-state index in [-0.39, 0.29) is 24.0 Å². The van der Waals surface area contributed by atoms with Gasteiger partial charge in [0.05, 0.1) is 6.04 Å². The van der Waals surface area contributed by atoms with Gasteiger partial charge in [-0.15, -0.1) is 0 Å². The Morgan fingerprint density at radius 2 is 2.00 bits per heavy atom. The molecule has 1 unspecified atom stereocenters. The highest BCUT2D eigenvalue weighted by molar-refractivity contribution is 5.82. The van der Waals surface area contributed by atoms with Crippen LogP contribution in [0, 0.1) is 5.41 Å². The van der Waals surface area contributed by atoms with Crippen molar-refractivity contribution >= 4 is 5.91 Å². The predicted octanol–water partition coefficient (Wildman–Crippen LogP) is 0.637. The van der Waals surface area contributed by atoms with Gasteiger partial charge in [0, 0.05) is 12.6 Å². The molecule has 0 heterocycles. The number of nitrogens with two attached hydrogens (primary N) is 1.